The zero-order valence-corrected chi connectivity index (χ0v) is 12.3. The third kappa shape index (κ3) is 3.49. The number of hydrogen-bond donors (Lipinski definition) is 1. The quantitative estimate of drug-likeness (QED) is 0.635. The second-order valence-electron chi connectivity index (χ2n) is 4.47. The smallest absolute Gasteiger partial charge is 0.131 e. The molecule has 0 spiro atoms. The zero-order chi connectivity index (χ0) is 14.0. The van der Waals surface area contributed by atoms with E-state index in [2.05, 4.69) is 11.1 Å². The van der Waals surface area contributed by atoms with Crippen molar-refractivity contribution in [2.45, 2.75) is 13.8 Å². The highest BCUT2D eigenvalue weighted by molar-refractivity contribution is 6.42. The molecule has 0 amide bonds. The van der Waals surface area contributed by atoms with Gasteiger partial charge in [-0.1, -0.05) is 40.4 Å². The second-order valence-corrected chi connectivity index (χ2v) is 5.29. The molecule has 0 aromatic heterocycles. The van der Waals surface area contributed by atoms with Crippen molar-refractivity contribution in [3.8, 4) is 0 Å². The highest BCUT2D eigenvalue weighted by atomic mass is 35.5. The summed E-state index contributed by atoms with van der Waals surface area (Å²) < 4.78 is 0. The van der Waals surface area contributed by atoms with Crippen LogP contribution in [-0.2, 0) is 0 Å². The molecule has 0 fully saturated rings. The lowest BCUT2D eigenvalue weighted by Crippen LogP contribution is -2.13. The topological polar surface area (TPSA) is 38.4 Å². The number of aliphatic imine (C=N–C) groups is 1. The SMILES string of the molecule is Cc1cc(C)cc(C(N)=Nc2ccc(Cl)c(Cl)c2)c1. The van der Waals surface area contributed by atoms with Gasteiger partial charge in [-0.15, -0.1) is 0 Å². The summed E-state index contributed by atoms with van der Waals surface area (Å²) in [4.78, 5) is 4.36. The molecule has 0 aliphatic rings. The molecule has 4 heteroatoms. The van der Waals surface area contributed by atoms with E-state index in [0.717, 1.165) is 16.7 Å². The average molecular weight is 293 g/mol. The van der Waals surface area contributed by atoms with Crippen molar-refractivity contribution in [3.63, 3.8) is 0 Å². The summed E-state index contributed by atoms with van der Waals surface area (Å²) >= 11 is 11.8. The third-order valence-corrected chi connectivity index (χ3v) is 3.41. The van der Waals surface area contributed by atoms with E-state index in [4.69, 9.17) is 28.9 Å². The lowest BCUT2D eigenvalue weighted by molar-refractivity contribution is 1.35. The fourth-order valence-electron chi connectivity index (χ4n) is 1.88. The molecule has 2 rings (SSSR count). The van der Waals surface area contributed by atoms with Crippen molar-refractivity contribution < 1.29 is 0 Å². The number of benzene rings is 2. The Hall–Kier alpha value is -1.51. The van der Waals surface area contributed by atoms with Crippen LogP contribution in [0.2, 0.25) is 10.0 Å². The normalized spacial score (nSPS) is 11.7. The van der Waals surface area contributed by atoms with Gasteiger partial charge in [0.25, 0.3) is 0 Å². The molecule has 2 aromatic carbocycles. The fourth-order valence-corrected chi connectivity index (χ4v) is 2.17. The molecule has 19 heavy (non-hydrogen) atoms. The van der Waals surface area contributed by atoms with E-state index in [9.17, 15) is 0 Å². The summed E-state index contributed by atoms with van der Waals surface area (Å²) in [6.45, 7) is 4.06. The predicted molar refractivity (Wildman–Crippen MR) is 82.8 cm³/mol. The Morgan fingerprint density at radius 1 is 0.947 bits per heavy atom. The highest BCUT2D eigenvalue weighted by Crippen LogP contribution is 2.26. The van der Waals surface area contributed by atoms with E-state index in [-0.39, 0.29) is 0 Å². The van der Waals surface area contributed by atoms with Crippen molar-refractivity contribution in [2.75, 3.05) is 0 Å². The van der Waals surface area contributed by atoms with Crippen molar-refractivity contribution in [3.05, 3.63) is 63.1 Å². The molecule has 2 nitrogen and oxygen atoms in total. The van der Waals surface area contributed by atoms with Crippen LogP contribution in [0.25, 0.3) is 0 Å². The number of nitrogens with two attached hydrogens (primary N) is 1. The van der Waals surface area contributed by atoms with Gasteiger partial charge in [-0.3, -0.25) is 0 Å². The molecule has 0 atom stereocenters. The second kappa shape index (κ2) is 5.64. The zero-order valence-electron chi connectivity index (χ0n) is 10.7. The molecule has 0 aliphatic carbocycles. The highest BCUT2D eigenvalue weighted by Gasteiger charge is 2.03. The molecule has 2 aromatic rings. The average Bonchev–Trinajstić information content (AvgIpc) is 2.32. The monoisotopic (exact) mass is 292 g/mol. The van der Waals surface area contributed by atoms with E-state index in [1.807, 2.05) is 26.0 Å². The van der Waals surface area contributed by atoms with Gasteiger partial charge in [-0.25, -0.2) is 4.99 Å². The maximum absolute atomic E-state index is 6.03. The fraction of sp³-hybridized carbons (Fsp3) is 0.133. The van der Waals surface area contributed by atoms with Crippen LogP contribution in [0, 0.1) is 13.8 Å². The Bertz CT molecular complexity index is 628. The first kappa shape index (κ1) is 13.9. The molecule has 0 radical (unpaired) electrons. The van der Waals surface area contributed by atoms with Gasteiger partial charge in [0.1, 0.15) is 5.84 Å². The van der Waals surface area contributed by atoms with Crippen LogP contribution in [0.3, 0.4) is 0 Å². The standard InChI is InChI=1S/C15H14Cl2N2/c1-9-5-10(2)7-11(6-9)15(18)19-12-3-4-13(16)14(17)8-12/h3-8H,1-2H3,(H2,18,19). The number of rotatable bonds is 2. The minimum absolute atomic E-state index is 0.463. The molecular weight excluding hydrogens is 279 g/mol. The summed E-state index contributed by atoms with van der Waals surface area (Å²) in [6, 6.07) is 11.3. The summed E-state index contributed by atoms with van der Waals surface area (Å²) in [7, 11) is 0. The summed E-state index contributed by atoms with van der Waals surface area (Å²) in [5.41, 5.74) is 9.93. The van der Waals surface area contributed by atoms with Crippen LogP contribution >= 0.6 is 23.2 Å². The first-order valence-electron chi connectivity index (χ1n) is 5.83. The lowest BCUT2D eigenvalue weighted by atomic mass is 10.1. The van der Waals surface area contributed by atoms with E-state index in [1.54, 1.807) is 18.2 Å². The largest absolute Gasteiger partial charge is 0.383 e. The van der Waals surface area contributed by atoms with Gasteiger partial charge in [0.15, 0.2) is 0 Å². The first-order valence-corrected chi connectivity index (χ1v) is 6.59. The van der Waals surface area contributed by atoms with Crippen molar-refractivity contribution in [1.29, 1.82) is 0 Å². The Kier molecular flexibility index (Phi) is 4.13. The van der Waals surface area contributed by atoms with Crippen LogP contribution in [0.5, 0.6) is 0 Å². The van der Waals surface area contributed by atoms with Gasteiger partial charge < -0.3 is 5.73 Å². The first-order chi connectivity index (χ1) is 8.95. The van der Waals surface area contributed by atoms with Gasteiger partial charge in [-0.05, 0) is 44.2 Å². The Balaban J connectivity index is 2.39. The molecule has 0 aliphatic heterocycles. The van der Waals surface area contributed by atoms with Crippen LogP contribution in [0.1, 0.15) is 16.7 Å². The molecule has 0 bridgehead atoms. The van der Waals surface area contributed by atoms with Gasteiger partial charge in [-0.2, -0.15) is 0 Å². The number of hydrogen-bond acceptors (Lipinski definition) is 1. The Morgan fingerprint density at radius 3 is 2.16 bits per heavy atom. The number of nitrogens with zero attached hydrogens (tertiary/aromatic N) is 1. The van der Waals surface area contributed by atoms with Crippen LogP contribution in [-0.4, -0.2) is 5.84 Å². The van der Waals surface area contributed by atoms with E-state index < -0.39 is 0 Å². The van der Waals surface area contributed by atoms with E-state index >= 15 is 0 Å². The number of aryl methyl sites for hydroxylation is 2. The van der Waals surface area contributed by atoms with Crippen molar-refractivity contribution in [2.24, 2.45) is 10.7 Å². The van der Waals surface area contributed by atoms with Gasteiger partial charge >= 0.3 is 0 Å². The molecular formula is C15H14Cl2N2. The number of amidine groups is 1. The van der Waals surface area contributed by atoms with Gasteiger partial charge in [0.05, 0.1) is 15.7 Å². The van der Waals surface area contributed by atoms with Gasteiger partial charge in [0, 0.05) is 5.56 Å². The Labute approximate surface area is 122 Å². The minimum Gasteiger partial charge on any atom is -0.383 e. The maximum atomic E-state index is 6.03. The predicted octanol–water partition coefficient (Wildman–Crippen LogP) is 4.65. The summed E-state index contributed by atoms with van der Waals surface area (Å²) in [5, 5.41) is 0.974. The molecule has 0 saturated carbocycles. The molecule has 0 saturated heterocycles. The van der Waals surface area contributed by atoms with Crippen molar-refractivity contribution in [1.82, 2.24) is 0 Å². The minimum atomic E-state index is 0.463. The van der Waals surface area contributed by atoms with Crippen LogP contribution < -0.4 is 5.73 Å². The van der Waals surface area contributed by atoms with Gasteiger partial charge in [0.2, 0.25) is 0 Å². The van der Waals surface area contributed by atoms with Crippen molar-refractivity contribution >= 4 is 34.7 Å². The molecule has 98 valence electrons. The third-order valence-electron chi connectivity index (χ3n) is 2.67. The lowest BCUT2D eigenvalue weighted by Gasteiger charge is -2.05. The summed E-state index contributed by atoms with van der Waals surface area (Å²) in [5.74, 6) is 0.463. The van der Waals surface area contributed by atoms with Crippen LogP contribution in [0.15, 0.2) is 41.4 Å². The van der Waals surface area contributed by atoms with Crippen LogP contribution in [0.4, 0.5) is 5.69 Å². The Morgan fingerprint density at radius 2 is 1.58 bits per heavy atom. The van der Waals surface area contributed by atoms with E-state index in [0.29, 0.717) is 21.6 Å². The maximum Gasteiger partial charge on any atom is 0.131 e. The summed E-state index contributed by atoms with van der Waals surface area (Å²) in [6.07, 6.45) is 0. The number of halogens is 2. The van der Waals surface area contributed by atoms with E-state index in [1.165, 1.54) is 0 Å². The molecule has 0 heterocycles. The molecule has 2 N–H and O–H groups in total. The molecule has 0 unspecified atom stereocenters.